The van der Waals surface area contributed by atoms with Crippen LogP contribution in [0.25, 0.3) is 170 Å². The predicted octanol–water partition coefficient (Wildman–Crippen LogP) is 29.3. The first-order chi connectivity index (χ1) is 64.1. The van der Waals surface area contributed by atoms with Crippen molar-refractivity contribution < 1.29 is 101 Å². The zero-order valence-electron chi connectivity index (χ0n) is 84.5. The first kappa shape index (κ1) is 106. The number of imidazole rings is 7. The predicted molar refractivity (Wildman–Crippen MR) is 573 cm³/mol. The molecule has 0 amide bonds. The number of para-hydroxylation sites is 2. The molecule has 23 aromatic rings. The minimum Gasteiger partial charge on any atom is -0.339 e. The molecule has 22 heteroatoms. The summed E-state index contributed by atoms with van der Waals surface area (Å²) >= 11 is 1.90. The minimum absolute atomic E-state index is 0. The maximum absolute atomic E-state index is 5.35. The molecule has 0 saturated heterocycles. The summed E-state index contributed by atoms with van der Waals surface area (Å²) in [4.78, 5) is 37.6. The van der Waals surface area contributed by atoms with Crippen molar-refractivity contribution in [3.63, 3.8) is 0 Å². The fraction of sp³-hybridized carbons (Fsp3) is 0.280. The van der Waals surface area contributed by atoms with Gasteiger partial charge in [-0.3, -0.25) is 24.4 Å². The van der Waals surface area contributed by atoms with Crippen molar-refractivity contribution in [3.8, 4) is 33.8 Å². The number of benzene rings is 10. The van der Waals surface area contributed by atoms with Crippen LogP contribution in [-0.4, -0.2) is 106 Å². The first-order valence-corrected chi connectivity index (χ1v) is 50.5. The van der Waals surface area contributed by atoms with E-state index in [4.69, 9.17) is 34.9 Å². The SMILES string of the molecule is CS(C)(C)c1cn2c3ccccc3c3ccc[c-]c3c2n1.C[N+](C)(C)c1cn2c3ccccc3c3ccc[c-]c3c2n1.Cc1cccc(C)c1-c1cnc2c3[c-]cccc3c3c(nc(C)n3CC(C)(C)C)n12.Cc1cccc(C)c1-c1cnc2c3[c-]cccc3c3c(nc(CC(C)(C)C)n3CC(C)(C)C)n12.Cc1cccc(C)c1-c1cnc2c3[c-]cccc3c3cc(CC(C)(C)C)sc3n12.[Ir].[Ir].[Ir].[Ir].[Ir]. The summed E-state index contributed by atoms with van der Waals surface area (Å²) in [6, 6.07) is 87.0. The molecule has 140 heavy (non-hydrogen) atoms. The molecule has 0 aliphatic rings. The molecule has 0 saturated carbocycles. The summed E-state index contributed by atoms with van der Waals surface area (Å²) in [7, 11) is 5.56. The van der Waals surface area contributed by atoms with E-state index in [-0.39, 0.29) is 122 Å². The summed E-state index contributed by atoms with van der Waals surface area (Å²) < 4.78 is 16.8. The first-order valence-electron chi connectivity index (χ1n) is 46.8. The molecule has 0 aliphatic carbocycles. The number of pyridine rings is 5. The monoisotopic (exact) mass is 2780 g/mol. The number of aryl methyl sites for hydroxylation is 7. The van der Waals surface area contributed by atoms with Crippen LogP contribution in [0.4, 0.5) is 5.82 Å². The zero-order valence-corrected chi connectivity index (χ0v) is 98.1. The quantitative estimate of drug-likeness (QED) is 0.0801. The van der Waals surface area contributed by atoms with E-state index in [2.05, 4.69) is 403 Å². The van der Waals surface area contributed by atoms with Gasteiger partial charge >= 0.3 is 0 Å². The third-order valence-electron chi connectivity index (χ3n) is 25.5. The summed E-state index contributed by atoms with van der Waals surface area (Å²) in [5, 5.41) is 16.3. The molecule has 0 bridgehead atoms. The molecular weight excluding hydrogens is 2650 g/mol. The van der Waals surface area contributed by atoms with Crippen molar-refractivity contribution >= 4 is 164 Å². The smallest absolute Gasteiger partial charge is 0.235 e. The van der Waals surface area contributed by atoms with Gasteiger partial charge in [0.05, 0.1) is 82.5 Å². The van der Waals surface area contributed by atoms with Crippen molar-refractivity contribution in [1.29, 1.82) is 0 Å². The van der Waals surface area contributed by atoms with E-state index in [0.717, 1.165) is 132 Å². The summed E-state index contributed by atoms with van der Waals surface area (Å²) in [6.07, 6.45) is 19.2. The topological polar surface area (TPSA) is 122 Å². The number of quaternary nitrogens is 1. The van der Waals surface area contributed by atoms with Crippen LogP contribution in [0.2, 0.25) is 0 Å². The zero-order chi connectivity index (χ0) is 95.2. The van der Waals surface area contributed by atoms with Crippen LogP contribution in [0.1, 0.15) is 133 Å². The third kappa shape index (κ3) is 20.1. The van der Waals surface area contributed by atoms with Crippen molar-refractivity contribution in [2.75, 3.05) is 39.9 Å². The molecular formula is C118H121Ir5N15S2-4. The summed E-state index contributed by atoms with van der Waals surface area (Å²) in [5.41, 5.74) is 26.8. The molecule has 0 unspecified atom stereocenters. The second-order valence-corrected chi connectivity index (χ2v) is 48.4. The Morgan fingerprint density at radius 2 is 0.693 bits per heavy atom. The van der Waals surface area contributed by atoms with Crippen molar-refractivity contribution in [3.05, 3.63) is 311 Å². The van der Waals surface area contributed by atoms with Gasteiger partial charge in [-0.05, 0) is 163 Å². The molecule has 15 nitrogen and oxygen atoms in total. The van der Waals surface area contributed by atoms with Gasteiger partial charge in [0, 0.05) is 188 Å². The number of aromatic nitrogens is 14. The van der Waals surface area contributed by atoms with Crippen LogP contribution < -0.4 is 4.48 Å². The fourth-order valence-electron chi connectivity index (χ4n) is 19.7. The summed E-state index contributed by atoms with van der Waals surface area (Å²) in [6.45, 7) is 44.4. The summed E-state index contributed by atoms with van der Waals surface area (Å²) in [5.74, 6) is 3.21. The van der Waals surface area contributed by atoms with Crippen LogP contribution in [0.5, 0.6) is 0 Å². The van der Waals surface area contributed by atoms with Crippen LogP contribution in [0, 0.1) is 100 Å². The average molecular weight is 2770 g/mol. The number of hydrogen-bond donors (Lipinski definition) is 0. The van der Waals surface area contributed by atoms with E-state index in [0.29, 0.717) is 4.48 Å². The van der Waals surface area contributed by atoms with Gasteiger partial charge < -0.3 is 31.1 Å². The van der Waals surface area contributed by atoms with Crippen molar-refractivity contribution in [2.45, 2.75) is 163 Å². The van der Waals surface area contributed by atoms with E-state index in [1.54, 1.807) is 0 Å². The van der Waals surface area contributed by atoms with Gasteiger partial charge in [-0.1, -0.05) is 217 Å². The van der Waals surface area contributed by atoms with Gasteiger partial charge in [0.15, 0.2) is 0 Å². The number of fused-ring (bicyclic) bond motifs is 30. The second-order valence-electron chi connectivity index (χ2n) is 43.2. The standard InChI is InChI=1S/C30H35N4.C26H27N4.C26H25N2S.C18H17N3.C18H17N2S.5Ir/c1-19-12-11-13-20(2)25(19)23-17-31-27-22-15-10-9-14-21(22)26-28(34(23)27)32-24(16-29(3,4)5)33(26)18-30(6,7)8;1-16-10-9-11-17(2)22(16)21-14-27-24-20-13-8-7-12-19(20)23-25(30(21)24)28-18(3)29(23)15-26(4,5)6;1-16-9-8-10-17(2)23(16)22-15-27-24-20-12-7-6-11-19(20)21-13-18(14-26(3,4)5)29-25(21)28(22)24;2*1-21(2,3)17-12-20-16-11-7-6-9-14(16)13-8-4-5-10-15(13)18(20)19-17;;;;;/h9-14,17H,16,18H2,1-8H3;7-12,14H,15H2,1-6H3;6-11,13,15H,14H2,1-5H3;2*4-9,11-12H,1-3H3;;;;;/q3*-1;;-1;;;;;. The second kappa shape index (κ2) is 40.6. The van der Waals surface area contributed by atoms with Gasteiger partial charge in [0.25, 0.3) is 0 Å². The van der Waals surface area contributed by atoms with Crippen molar-refractivity contribution in [1.82, 2.24) is 70.5 Å². The number of rotatable bonds is 9. The molecule has 5 radical (unpaired) electrons. The van der Waals surface area contributed by atoms with Gasteiger partial charge in [-0.15, -0.1) is 143 Å². The van der Waals surface area contributed by atoms with E-state index in [9.17, 15) is 0 Å². The van der Waals surface area contributed by atoms with E-state index < -0.39 is 10.0 Å². The van der Waals surface area contributed by atoms with Crippen LogP contribution in [0.3, 0.4) is 0 Å². The molecule has 0 spiro atoms. The fourth-order valence-corrected chi connectivity index (χ4v) is 21.9. The molecule has 13 aromatic heterocycles. The normalized spacial score (nSPS) is 12.3. The molecule has 0 atom stereocenters. The Hall–Kier alpha value is -10.1. The number of nitrogens with zero attached hydrogens (tertiary/aromatic N) is 15. The van der Waals surface area contributed by atoms with E-state index in [1.165, 1.54) is 125 Å². The number of thiophene rings is 1. The molecule has 10 aromatic carbocycles. The minimum atomic E-state index is -0.848. The maximum atomic E-state index is 5.35. The Labute approximate surface area is 895 Å². The van der Waals surface area contributed by atoms with Crippen molar-refractivity contribution in [2.24, 2.45) is 21.7 Å². The van der Waals surface area contributed by atoms with Gasteiger partial charge in [0.1, 0.15) is 22.9 Å². The van der Waals surface area contributed by atoms with Gasteiger partial charge in [0.2, 0.25) is 5.82 Å². The molecule has 729 valence electrons. The Morgan fingerprint density at radius 1 is 0.343 bits per heavy atom. The molecule has 23 rings (SSSR count). The van der Waals surface area contributed by atoms with E-state index in [1.807, 2.05) is 72.4 Å². The maximum Gasteiger partial charge on any atom is 0.235 e. The average Bonchev–Trinajstić information content (AvgIpc) is 1.89. The third-order valence-corrected chi connectivity index (χ3v) is 28.1. The van der Waals surface area contributed by atoms with Crippen LogP contribution >= 0.6 is 21.4 Å². The van der Waals surface area contributed by atoms with Crippen LogP contribution in [0.15, 0.2) is 236 Å². The molecule has 13 heterocycles. The molecule has 0 aliphatic heterocycles. The Kier molecular flexibility index (Phi) is 30.7. The Bertz CT molecular complexity index is 8260. The molecule has 0 fully saturated rings. The largest absolute Gasteiger partial charge is 0.339 e. The molecule has 0 N–H and O–H groups in total. The van der Waals surface area contributed by atoms with Gasteiger partial charge in [-0.2, -0.15) is 0 Å². The Balaban J connectivity index is 0.000000140. The van der Waals surface area contributed by atoms with Gasteiger partial charge in [-0.25, -0.2) is 25.0 Å². The Morgan fingerprint density at radius 3 is 1.11 bits per heavy atom. The van der Waals surface area contributed by atoms with Crippen LogP contribution in [-0.2, 0) is 126 Å². The number of hydrogen-bond acceptors (Lipinski definition) is 8. The van der Waals surface area contributed by atoms with E-state index >= 15 is 0 Å².